The number of carbonyl (C=O) groups is 3. The predicted molar refractivity (Wildman–Crippen MR) is 104 cm³/mol. The Morgan fingerprint density at radius 3 is 1.86 bits per heavy atom. The van der Waals surface area contributed by atoms with E-state index in [2.05, 4.69) is 5.32 Å². The maximum atomic E-state index is 12.6. The van der Waals surface area contributed by atoms with Gasteiger partial charge in [0.2, 0.25) is 0 Å². The molecular formula is C21H35NO6. The summed E-state index contributed by atoms with van der Waals surface area (Å²) in [7, 11) is 0. The first-order valence-corrected chi connectivity index (χ1v) is 10.6. The molecule has 2 aliphatic rings. The van der Waals surface area contributed by atoms with Crippen LogP contribution in [-0.4, -0.2) is 41.9 Å². The number of ether oxygens (including phenoxy) is 3. The van der Waals surface area contributed by atoms with Gasteiger partial charge in [-0.2, -0.15) is 0 Å². The molecule has 0 aromatic carbocycles. The van der Waals surface area contributed by atoms with E-state index in [1.165, 1.54) is 0 Å². The van der Waals surface area contributed by atoms with Gasteiger partial charge in [-0.1, -0.05) is 12.8 Å². The van der Waals surface area contributed by atoms with E-state index in [1.807, 2.05) is 0 Å². The summed E-state index contributed by atoms with van der Waals surface area (Å²) in [5, 5.41) is 2.49. The Hall–Kier alpha value is -1.79. The Bertz CT molecular complexity index is 530. The number of nitrogens with one attached hydrogen (secondary N) is 1. The standard InChI is InChI=1S/C21H35NO6/c1-21(2,3)28-20(25)22-17(19(24)27-16-12-8-5-9-13-16)14-18(23)26-15-10-6-4-7-11-15/h15-17H,4-14H2,1-3H3,(H,22,25). The zero-order valence-electron chi connectivity index (χ0n) is 17.5. The summed E-state index contributed by atoms with van der Waals surface area (Å²) in [6, 6.07) is -1.10. The highest BCUT2D eigenvalue weighted by Gasteiger charge is 2.31. The van der Waals surface area contributed by atoms with Crippen molar-refractivity contribution in [2.45, 2.75) is 115 Å². The van der Waals surface area contributed by atoms with E-state index in [0.717, 1.165) is 64.2 Å². The number of alkyl carbamates (subject to hydrolysis) is 1. The Kier molecular flexibility index (Phi) is 8.58. The highest BCUT2D eigenvalue weighted by atomic mass is 16.6. The SMILES string of the molecule is CC(C)(C)OC(=O)NC(CC(=O)OC1CCCCC1)C(=O)OC1CCCCC1. The van der Waals surface area contributed by atoms with E-state index in [9.17, 15) is 14.4 Å². The van der Waals surface area contributed by atoms with Gasteiger partial charge < -0.3 is 19.5 Å². The molecule has 2 fully saturated rings. The highest BCUT2D eigenvalue weighted by molar-refractivity contribution is 5.86. The van der Waals surface area contributed by atoms with Crippen molar-refractivity contribution in [3.8, 4) is 0 Å². The lowest BCUT2D eigenvalue weighted by Crippen LogP contribution is -2.46. The first kappa shape index (κ1) is 22.5. The zero-order chi connectivity index (χ0) is 20.6. The molecular weight excluding hydrogens is 362 g/mol. The highest BCUT2D eigenvalue weighted by Crippen LogP contribution is 2.22. The van der Waals surface area contributed by atoms with E-state index >= 15 is 0 Å². The Morgan fingerprint density at radius 1 is 0.857 bits per heavy atom. The maximum Gasteiger partial charge on any atom is 0.408 e. The molecule has 0 aromatic heterocycles. The molecule has 7 heteroatoms. The van der Waals surface area contributed by atoms with Gasteiger partial charge in [-0.3, -0.25) is 4.79 Å². The van der Waals surface area contributed by atoms with Gasteiger partial charge in [-0.15, -0.1) is 0 Å². The minimum atomic E-state index is -1.10. The van der Waals surface area contributed by atoms with Crippen LogP contribution >= 0.6 is 0 Å². The molecule has 0 radical (unpaired) electrons. The third-order valence-corrected chi connectivity index (χ3v) is 5.03. The van der Waals surface area contributed by atoms with Crippen LogP contribution in [0.5, 0.6) is 0 Å². The monoisotopic (exact) mass is 397 g/mol. The molecule has 7 nitrogen and oxygen atoms in total. The third-order valence-electron chi connectivity index (χ3n) is 5.03. The number of hydrogen-bond donors (Lipinski definition) is 1. The lowest BCUT2D eigenvalue weighted by molar-refractivity contribution is -0.160. The molecule has 0 heterocycles. The minimum absolute atomic E-state index is 0.0993. The molecule has 28 heavy (non-hydrogen) atoms. The van der Waals surface area contributed by atoms with Gasteiger partial charge in [-0.05, 0) is 72.1 Å². The van der Waals surface area contributed by atoms with Crippen molar-refractivity contribution in [2.75, 3.05) is 0 Å². The molecule has 2 rings (SSSR count). The molecule has 1 atom stereocenters. The van der Waals surface area contributed by atoms with E-state index in [-0.39, 0.29) is 18.6 Å². The van der Waals surface area contributed by atoms with Crippen LogP contribution in [0.4, 0.5) is 4.79 Å². The maximum absolute atomic E-state index is 12.6. The van der Waals surface area contributed by atoms with Crippen molar-refractivity contribution >= 4 is 18.0 Å². The molecule has 160 valence electrons. The first-order chi connectivity index (χ1) is 13.2. The molecule has 1 unspecified atom stereocenters. The van der Waals surface area contributed by atoms with Gasteiger partial charge in [0.1, 0.15) is 23.9 Å². The van der Waals surface area contributed by atoms with Gasteiger partial charge in [0.05, 0.1) is 6.42 Å². The van der Waals surface area contributed by atoms with Crippen LogP contribution in [0, 0.1) is 0 Å². The van der Waals surface area contributed by atoms with Crippen LogP contribution in [-0.2, 0) is 23.8 Å². The molecule has 0 aliphatic heterocycles. The lowest BCUT2D eigenvalue weighted by Gasteiger charge is -2.27. The van der Waals surface area contributed by atoms with Crippen LogP contribution in [0.25, 0.3) is 0 Å². The van der Waals surface area contributed by atoms with Crippen LogP contribution < -0.4 is 5.32 Å². The lowest BCUT2D eigenvalue weighted by atomic mass is 9.97. The normalized spacial score (nSPS) is 20.1. The second kappa shape index (κ2) is 10.7. The second-order valence-corrected chi connectivity index (χ2v) is 8.85. The van der Waals surface area contributed by atoms with E-state index in [0.29, 0.717) is 0 Å². The van der Waals surface area contributed by atoms with Crippen LogP contribution in [0.2, 0.25) is 0 Å². The summed E-state index contributed by atoms with van der Waals surface area (Å²) in [5.41, 5.74) is -0.704. The van der Waals surface area contributed by atoms with Crippen LogP contribution in [0.15, 0.2) is 0 Å². The summed E-state index contributed by atoms with van der Waals surface area (Å²) in [6.45, 7) is 5.21. The van der Waals surface area contributed by atoms with Crippen molar-refractivity contribution < 1.29 is 28.6 Å². The van der Waals surface area contributed by atoms with Crippen molar-refractivity contribution in [3.63, 3.8) is 0 Å². The number of rotatable bonds is 6. The average Bonchev–Trinajstić information content (AvgIpc) is 2.61. The molecule has 0 saturated heterocycles. The number of hydrogen-bond acceptors (Lipinski definition) is 6. The number of carbonyl (C=O) groups excluding carboxylic acids is 3. The van der Waals surface area contributed by atoms with Crippen LogP contribution in [0.1, 0.15) is 91.4 Å². The average molecular weight is 398 g/mol. The minimum Gasteiger partial charge on any atom is -0.462 e. The first-order valence-electron chi connectivity index (χ1n) is 10.6. The Morgan fingerprint density at radius 2 is 1.36 bits per heavy atom. The van der Waals surface area contributed by atoms with Crippen molar-refractivity contribution in [1.29, 1.82) is 0 Å². The summed E-state index contributed by atoms with van der Waals surface area (Å²) in [5.74, 6) is -1.09. The fourth-order valence-electron chi connectivity index (χ4n) is 3.66. The summed E-state index contributed by atoms with van der Waals surface area (Å²) < 4.78 is 16.3. The molecule has 0 spiro atoms. The van der Waals surface area contributed by atoms with Gasteiger partial charge in [0.15, 0.2) is 0 Å². The molecule has 2 saturated carbocycles. The van der Waals surface area contributed by atoms with E-state index in [1.54, 1.807) is 20.8 Å². The molecule has 1 amide bonds. The summed E-state index contributed by atoms with van der Waals surface area (Å²) in [4.78, 5) is 37.1. The second-order valence-electron chi connectivity index (χ2n) is 8.85. The number of esters is 2. The fraction of sp³-hybridized carbons (Fsp3) is 0.857. The van der Waals surface area contributed by atoms with Gasteiger partial charge >= 0.3 is 18.0 Å². The Labute approximate surface area is 167 Å². The quantitative estimate of drug-likeness (QED) is 0.538. The molecule has 2 aliphatic carbocycles. The summed E-state index contributed by atoms with van der Waals surface area (Å²) >= 11 is 0. The van der Waals surface area contributed by atoms with Crippen molar-refractivity contribution in [2.24, 2.45) is 0 Å². The summed E-state index contributed by atoms with van der Waals surface area (Å²) in [6.07, 6.45) is 8.51. The van der Waals surface area contributed by atoms with E-state index < -0.39 is 29.7 Å². The molecule has 1 N–H and O–H groups in total. The number of amides is 1. The van der Waals surface area contributed by atoms with Crippen molar-refractivity contribution in [3.05, 3.63) is 0 Å². The van der Waals surface area contributed by atoms with Gasteiger partial charge in [0.25, 0.3) is 0 Å². The van der Waals surface area contributed by atoms with Gasteiger partial charge in [0, 0.05) is 0 Å². The van der Waals surface area contributed by atoms with Gasteiger partial charge in [-0.25, -0.2) is 9.59 Å². The topological polar surface area (TPSA) is 90.9 Å². The Balaban J connectivity index is 1.94. The predicted octanol–water partition coefficient (Wildman–Crippen LogP) is 4.02. The molecule has 0 aromatic rings. The third kappa shape index (κ3) is 8.48. The molecule has 0 bridgehead atoms. The fourth-order valence-corrected chi connectivity index (χ4v) is 3.66. The smallest absolute Gasteiger partial charge is 0.408 e. The van der Waals surface area contributed by atoms with Crippen LogP contribution in [0.3, 0.4) is 0 Å². The van der Waals surface area contributed by atoms with E-state index in [4.69, 9.17) is 14.2 Å². The van der Waals surface area contributed by atoms with Crippen molar-refractivity contribution in [1.82, 2.24) is 5.32 Å². The largest absolute Gasteiger partial charge is 0.462 e. The zero-order valence-corrected chi connectivity index (χ0v) is 17.5.